The predicted octanol–water partition coefficient (Wildman–Crippen LogP) is 2.59. The first kappa shape index (κ1) is 26.8. The Hall–Kier alpha value is -2.83. The van der Waals surface area contributed by atoms with E-state index in [0.717, 1.165) is 35.4 Å². The molecule has 12 heteroatoms. The Balaban J connectivity index is 1.91. The number of anilines is 2. The number of hydrogen-bond donors (Lipinski definition) is 1. The summed E-state index contributed by atoms with van der Waals surface area (Å²) >= 11 is 0. The molecule has 192 valence electrons. The fourth-order valence-corrected chi connectivity index (χ4v) is 6.29. The van der Waals surface area contributed by atoms with Gasteiger partial charge in [-0.2, -0.15) is 4.31 Å². The smallest absolute Gasteiger partial charge is 0.245 e. The Morgan fingerprint density at radius 2 is 1.60 bits per heavy atom. The van der Waals surface area contributed by atoms with Crippen LogP contribution in [-0.2, 0) is 24.8 Å². The van der Waals surface area contributed by atoms with Crippen molar-refractivity contribution in [3.63, 3.8) is 0 Å². The number of rotatable bonds is 9. The van der Waals surface area contributed by atoms with Crippen LogP contribution in [0.1, 0.15) is 24.8 Å². The van der Waals surface area contributed by atoms with Gasteiger partial charge in [0.15, 0.2) is 0 Å². The van der Waals surface area contributed by atoms with Crippen molar-refractivity contribution >= 4 is 37.3 Å². The van der Waals surface area contributed by atoms with Crippen molar-refractivity contribution in [2.24, 2.45) is 0 Å². The standard InChI is InChI=1S/C23H31N3O7S2/c1-17-8-10-22(33-3)20(14-17)26(34(4,28)29)16-23(27)24-19-15-18(9-11-21(19)32-2)35(30,31)25-12-6-5-7-13-25/h8-11,14-15H,5-7,12-13,16H2,1-4H3,(H,24,27). The van der Waals surface area contributed by atoms with E-state index in [-0.39, 0.29) is 22.0 Å². The quantitative estimate of drug-likeness (QED) is 0.534. The highest BCUT2D eigenvalue weighted by Crippen LogP contribution is 2.32. The lowest BCUT2D eigenvalue weighted by molar-refractivity contribution is -0.114. The third-order valence-corrected chi connectivity index (χ3v) is 8.71. The van der Waals surface area contributed by atoms with E-state index >= 15 is 0 Å². The molecule has 0 spiro atoms. The molecule has 0 bridgehead atoms. The maximum atomic E-state index is 13.1. The van der Waals surface area contributed by atoms with Crippen LogP contribution in [0.5, 0.6) is 11.5 Å². The maximum absolute atomic E-state index is 13.1. The Bertz CT molecular complexity index is 1290. The number of nitrogens with zero attached hydrogens (tertiary/aromatic N) is 2. The topological polar surface area (TPSA) is 122 Å². The van der Waals surface area contributed by atoms with Gasteiger partial charge in [-0.05, 0) is 55.7 Å². The third kappa shape index (κ3) is 6.24. The van der Waals surface area contributed by atoms with Crippen LogP contribution >= 0.6 is 0 Å². The number of hydrogen-bond acceptors (Lipinski definition) is 7. The van der Waals surface area contributed by atoms with Crippen LogP contribution in [0.2, 0.25) is 0 Å². The summed E-state index contributed by atoms with van der Waals surface area (Å²) in [6, 6.07) is 9.22. The summed E-state index contributed by atoms with van der Waals surface area (Å²) in [5.74, 6) is -0.138. The van der Waals surface area contributed by atoms with Crippen molar-refractivity contribution in [1.82, 2.24) is 4.31 Å². The summed E-state index contributed by atoms with van der Waals surface area (Å²) < 4.78 is 64.3. The van der Waals surface area contributed by atoms with Gasteiger partial charge in [-0.1, -0.05) is 12.5 Å². The first-order valence-corrected chi connectivity index (χ1v) is 14.4. The highest BCUT2D eigenvalue weighted by Gasteiger charge is 2.28. The van der Waals surface area contributed by atoms with E-state index in [1.54, 1.807) is 25.1 Å². The Morgan fingerprint density at radius 1 is 0.971 bits per heavy atom. The molecule has 1 aliphatic rings. The van der Waals surface area contributed by atoms with Crippen molar-refractivity contribution < 1.29 is 31.1 Å². The molecule has 2 aromatic carbocycles. The van der Waals surface area contributed by atoms with E-state index in [1.807, 2.05) is 0 Å². The molecule has 10 nitrogen and oxygen atoms in total. The molecule has 1 fully saturated rings. The van der Waals surface area contributed by atoms with Gasteiger partial charge in [-0.25, -0.2) is 16.8 Å². The predicted molar refractivity (Wildman–Crippen MR) is 134 cm³/mol. The number of benzene rings is 2. The lowest BCUT2D eigenvalue weighted by atomic mass is 10.2. The first-order valence-electron chi connectivity index (χ1n) is 11.1. The van der Waals surface area contributed by atoms with Crippen molar-refractivity contribution in [3.05, 3.63) is 42.0 Å². The lowest BCUT2D eigenvalue weighted by Gasteiger charge is -2.26. The van der Waals surface area contributed by atoms with E-state index < -0.39 is 32.5 Å². The summed E-state index contributed by atoms with van der Waals surface area (Å²) in [6.07, 6.45) is 3.57. The molecule has 1 amide bonds. The average molecular weight is 526 g/mol. The van der Waals surface area contributed by atoms with Gasteiger partial charge in [0, 0.05) is 13.1 Å². The molecule has 1 heterocycles. The maximum Gasteiger partial charge on any atom is 0.245 e. The second-order valence-electron chi connectivity index (χ2n) is 8.32. The monoisotopic (exact) mass is 525 g/mol. The SMILES string of the molecule is COc1ccc(S(=O)(=O)N2CCCCC2)cc1NC(=O)CN(c1cc(C)ccc1OC)S(C)(=O)=O. The number of methoxy groups -OCH3 is 2. The molecule has 0 unspecified atom stereocenters. The minimum Gasteiger partial charge on any atom is -0.495 e. The second kappa shape index (κ2) is 10.8. The van der Waals surface area contributed by atoms with E-state index in [9.17, 15) is 21.6 Å². The lowest BCUT2D eigenvalue weighted by Crippen LogP contribution is -2.38. The minimum atomic E-state index is -3.86. The van der Waals surface area contributed by atoms with Gasteiger partial charge in [0.2, 0.25) is 26.0 Å². The number of carbonyl (C=O) groups is 1. The summed E-state index contributed by atoms with van der Waals surface area (Å²) in [6.45, 7) is 2.13. The number of ether oxygens (including phenoxy) is 2. The number of aryl methyl sites for hydroxylation is 1. The molecule has 1 N–H and O–H groups in total. The molecular formula is C23H31N3O7S2. The fraction of sp³-hybridized carbons (Fsp3) is 0.435. The molecule has 0 radical (unpaired) electrons. The normalized spacial score (nSPS) is 14.9. The van der Waals surface area contributed by atoms with E-state index in [4.69, 9.17) is 9.47 Å². The zero-order valence-corrected chi connectivity index (χ0v) is 21.9. The molecule has 1 aliphatic heterocycles. The van der Waals surface area contributed by atoms with Crippen LogP contribution in [0.3, 0.4) is 0 Å². The fourth-order valence-electron chi connectivity index (χ4n) is 3.90. The van der Waals surface area contributed by atoms with Crippen molar-refractivity contribution in [2.45, 2.75) is 31.1 Å². The average Bonchev–Trinajstić information content (AvgIpc) is 2.82. The van der Waals surface area contributed by atoms with Crippen LogP contribution in [0, 0.1) is 6.92 Å². The van der Waals surface area contributed by atoms with Crippen LogP contribution in [0.4, 0.5) is 11.4 Å². The molecule has 2 aromatic rings. The van der Waals surface area contributed by atoms with E-state index in [2.05, 4.69) is 5.32 Å². The molecule has 0 saturated carbocycles. The van der Waals surface area contributed by atoms with Gasteiger partial charge in [-0.3, -0.25) is 9.10 Å². The number of piperidine rings is 1. The second-order valence-corrected chi connectivity index (χ2v) is 12.2. The summed E-state index contributed by atoms with van der Waals surface area (Å²) in [7, 11) is -4.80. The van der Waals surface area contributed by atoms with Gasteiger partial charge < -0.3 is 14.8 Å². The number of carbonyl (C=O) groups excluding carboxylic acids is 1. The number of amides is 1. The van der Waals surface area contributed by atoms with Crippen LogP contribution in [0.25, 0.3) is 0 Å². The Morgan fingerprint density at radius 3 is 2.20 bits per heavy atom. The van der Waals surface area contributed by atoms with Gasteiger partial charge in [0.25, 0.3) is 0 Å². The van der Waals surface area contributed by atoms with Crippen molar-refractivity contribution in [3.8, 4) is 11.5 Å². The van der Waals surface area contributed by atoms with Crippen molar-refractivity contribution in [1.29, 1.82) is 0 Å². The highest BCUT2D eigenvalue weighted by molar-refractivity contribution is 7.92. The molecule has 0 aromatic heterocycles. The molecule has 0 atom stereocenters. The highest BCUT2D eigenvalue weighted by atomic mass is 32.2. The number of sulfonamides is 2. The Kier molecular flexibility index (Phi) is 8.29. The summed E-state index contributed by atoms with van der Waals surface area (Å²) in [5, 5.41) is 2.61. The van der Waals surface area contributed by atoms with E-state index in [0.29, 0.717) is 18.8 Å². The van der Waals surface area contributed by atoms with Gasteiger partial charge in [0.05, 0.1) is 36.7 Å². The molecule has 0 aliphatic carbocycles. The molecule has 1 saturated heterocycles. The third-order valence-electron chi connectivity index (χ3n) is 5.69. The minimum absolute atomic E-state index is 0.0239. The van der Waals surface area contributed by atoms with Gasteiger partial charge >= 0.3 is 0 Å². The number of nitrogens with one attached hydrogen (secondary N) is 1. The molecule has 3 rings (SSSR count). The zero-order valence-electron chi connectivity index (χ0n) is 20.3. The first-order chi connectivity index (χ1) is 16.5. The summed E-state index contributed by atoms with van der Waals surface area (Å²) in [5.41, 5.74) is 1.13. The van der Waals surface area contributed by atoms with Gasteiger partial charge in [-0.15, -0.1) is 0 Å². The van der Waals surface area contributed by atoms with Crippen LogP contribution in [0.15, 0.2) is 41.3 Å². The zero-order chi connectivity index (χ0) is 25.8. The van der Waals surface area contributed by atoms with E-state index in [1.165, 1.54) is 36.7 Å². The Labute approximate surface area is 206 Å². The van der Waals surface area contributed by atoms with Crippen LogP contribution < -0.4 is 19.1 Å². The molecular weight excluding hydrogens is 494 g/mol. The largest absolute Gasteiger partial charge is 0.495 e. The van der Waals surface area contributed by atoms with Crippen molar-refractivity contribution in [2.75, 3.05) is 49.7 Å². The van der Waals surface area contributed by atoms with Gasteiger partial charge in [0.1, 0.15) is 18.0 Å². The summed E-state index contributed by atoms with van der Waals surface area (Å²) in [4.78, 5) is 13.0. The van der Waals surface area contributed by atoms with Crippen LogP contribution in [-0.4, -0.2) is 67.2 Å². The molecule has 35 heavy (non-hydrogen) atoms.